The van der Waals surface area contributed by atoms with Crippen LogP contribution in [-0.4, -0.2) is 24.3 Å². The maximum atomic E-state index is 12.7. The van der Waals surface area contributed by atoms with Gasteiger partial charge in [-0.15, -0.1) is 0 Å². The molecule has 1 unspecified atom stereocenters. The quantitative estimate of drug-likeness (QED) is 0.637. The van der Waals surface area contributed by atoms with Crippen molar-refractivity contribution in [2.24, 2.45) is 0 Å². The van der Waals surface area contributed by atoms with E-state index < -0.39 is 11.2 Å². The molecule has 2 aromatic rings. The molecule has 148 valence electrons. The van der Waals surface area contributed by atoms with Gasteiger partial charge in [0.2, 0.25) is 0 Å². The van der Waals surface area contributed by atoms with Gasteiger partial charge in [-0.2, -0.15) is 13.5 Å². The first kappa shape index (κ1) is 22.0. The fraction of sp³-hybridized carbons (Fsp3) is 0.292. The molecule has 1 atom stereocenters. The maximum Gasteiger partial charge on any atom is 0.343 e. The van der Waals surface area contributed by atoms with Gasteiger partial charge in [0.1, 0.15) is 5.60 Å². The number of carbonyl (C=O) groups excluding carboxylic acids is 1. The smallest absolute Gasteiger partial charge is 0.343 e. The largest absolute Gasteiger partial charge is 0.458 e. The topological polar surface area (TPSA) is 35.5 Å². The molecule has 1 aliphatic rings. The molecule has 0 saturated carbocycles. The van der Waals surface area contributed by atoms with Crippen molar-refractivity contribution in [3.63, 3.8) is 0 Å². The van der Waals surface area contributed by atoms with Crippen LogP contribution in [0.15, 0.2) is 72.8 Å². The molecule has 1 aliphatic carbocycles. The molecule has 4 heteroatoms. The van der Waals surface area contributed by atoms with Gasteiger partial charge in [-0.05, 0) is 49.1 Å². The average molecular weight is 397 g/mol. The lowest BCUT2D eigenvalue weighted by Gasteiger charge is -2.32. The lowest BCUT2D eigenvalue weighted by molar-refractivity contribution is -0.174. The third kappa shape index (κ3) is 4.75. The van der Waals surface area contributed by atoms with Gasteiger partial charge in [0, 0.05) is 13.5 Å². The van der Waals surface area contributed by atoms with Crippen molar-refractivity contribution in [1.82, 2.24) is 0 Å². The summed E-state index contributed by atoms with van der Waals surface area (Å²) in [7, 11) is 1.55. The van der Waals surface area contributed by atoms with Gasteiger partial charge in [-0.1, -0.05) is 66.7 Å². The number of ether oxygens (including phenoxy) is 2. The van der Waals surface area contributed by atoms with Crippen LogP contribution in [0.1, 0.15) is 32.8 Å². The molecule has 0 aliphatic heterocycles. The molecule has 28 heavy (non-hydrogen) atoms. The van der Waals surface area contributed by atoms with Gasteiger partial charge in [0.05, 0.1) is 0 Å². The number of hydrogen-bond donors (Lipinski definition) is 0. The molecule has 0 spiro atoms. The van der Waals surface area contributed by atoms with Crippen LogP contribution in [0.5, 0.6) is 0 Å². The first-order chi connectivity index (χ1) is 12.8. The van der Waals surface area contributed by atoms with E-state index in [9.17, 15) is 4.79 Å². The highest BCUT2D eigenvalue weighted by atomic mass is 32.1. The summed E-state index contributed by atoms with van der Waals surface area (Å²) in [4.78, 5) is 12.7. The second-order valence-corrected chi connectivity index (χ2v) is 7.70. The second kappa shape index (κ2) is 8.80. The van der Waals surface area contributed by atoms with Gasteiger partial charge < -0.3 is 9.47 Å². The Kier molecular flexibility index (Phi) is 6.91. The van der Waals surface area contributed by atoms with Crippen molar-refractivity contribution in [2.45, 2.75) is 38.4 Å². The Morgan fingerprint density at radius 3 is 2.11 bits per heavy atom. The summed E-state index contributed by atoms with van der Waals surface area (Å²) in [5, 5.41) is 0. The Morgan fingerprint density at radius 1 is 0.964 bits per heavy atom. The SMILES string of the molecule is COC1(C(=O)OC(C)(C)C)C=CC(c2ccccc2-c2ccccc2)=CC1.S. The van der Waals surface area contributed by atoms with E-state index in [0.717, 1.165) is 22.3 Å². The zero-order valence-corrected chi connectivity index (χ0v) is 17.9. The monoisotopic (exact) mass is 396 g/mol. The molecule has 0 amide bonds. The lowest BCUT2D eigenvalue weighted by atomic mass is 9.86. The van der Waals surface area contributed by atoms with Crippen LogP contribution in [0.3, 0.4) is 0 Å². The summed E-state index contributed by atoms with van der Waals surface area (Å²) in [6.07, 6.45) is 6.26. The van der Waals surface area contributed by atoms with E-state index in [0.29, 0.717) is 6.42 Å². The predicted octanol–water partition coefficient (Wildman–Crippen LogP) is 5.54. The molecular formula is C24H28O3S. The van der Waals surface area contributed by atoms with E-state index in [1.165, 1.54) is 0 Å². The van der Waals surface area contributed by atoms with Gasteiger partial charge in [-0.25, -0.2) is 4.79 Å². The molecule has 0 radical (unpaired) electrons. The molecule has 0 fully saturated rings. The van der Waals surface area contributed by atoms with Crippen molar-refractivity contribution in [2.75, 3.05) is 7.11 Å². The summed E-state index contributed by atoms with van der Waals surface area (Å²) >= 11 is 0. The van der Waals surface area contributed by atoms with Crippen LogP contribution in [0.2, 0.25) is 0 Å². The van der Waals surface area contributed by atoms with E-state index in [2.05, 4.69) is 30.3 Å². The van der Waals surface area contributed by atoms with Crippen molar-refractivity contribution >= 4 is 25.0 Å². The zero-order chi connectivity index (χ0) is 19.5. The van der Waals surface area contributed by atoms with Crippen molar-refractivity contribution in [3.05, 3.63) is 78.4 Å². The Bertz CT molecular complexity index is 878. The number of allylic oxidation sites excluding steroid dienone is 2. The number of methoxy groups -OCH3 is 1. The third-order valence-corrected chi connectivity index (χ3v) is 4.59. The Hall–Kier alpha value is -2.30. The summed E-state index contributed by atoms with van der Waals surface area (Å²) < 4.78 is 11.1. The predicted molar refractivity (Wildman–Crippen MR) is 120 cm³/mol. The highest BCUT2D eigenvalue weighted by molar-refractivity contribution is 7.59. The van der Waals surface area contributed by atoms with E-state index in [4.69, 9.17) is 9.47 Å². The molecule has 0 heterocycles. The maximum absolute atomic E-state index is 12.7. The minimum atomic E-state index is -1.07. The second-order valence-electron chi connectivity index (χ2n) is 7.70. The van der Waals surface area contributed by atoms with E-state index in [1.807, 2.05) is 63.3 Å². The minimum Gasteiger partial charge on any atom is -0.458 e. The Balaban J connectivity index is 0.00000280. The molecular weight excluding hydrogens is 368 g/mol. The highest BCUT2D eigenvalue weighted by Gasteiger charge is 2.40. The van der Waals surface area contributed by atoms with Crippen LogP contribution >= 0.6 is 13.5 Å². The molecule has 0 aromatic heterocycles. The van der Waals surface area contributed by atoms with Gasteiger partial charge in [-0.3, -0.25) is 0 Å². The molecule has 2 aromatic carbocycles. The van der Waals surface area contributed by atoms with Crippen LogP contribution in [-0.2, 0) is 14.3 Å². The van der Waals surface area contributed by atoms with Gasteiger partial charge in [0.15, 0.2) is 5.60 Å². The minimum absolute atomic E-state index is 0. The van der Waals surface area contributed by atoms with Crippen LogP contribution < -0.4 is 0 Å². The molecule has 3 nitrogen and oxygen atoms in total. The number of esters is 1. The number of carbonyl (C=O) groups is 1. The zero-order valence-electron chi connectivity index (χ0n) is 16.9. The van der Waals surface area contributed by atoms with Gasteiger partial charge in [0.25, 0.3) is 0 Å². The molecule has 3 rings (SSSR count). The molecule has 0 bridgehead atoms. The van der Waals surface area contributed by atoms with E-state index >= 15 is 0 Å². The lowest BCUT2D eigenvalue weighted by Crippen LogP contribution is -2.44. The third-order valence-electron chi connectivity index (χ3n) is 4.59. The summed E-state index contributed by atoms with van der Waals surface area (Å²) in [6.45, 7) is 5.58. The summed E-state index contributed by atoms with van der Waals surface area (Å²) in [6, 6.07) is 18.6. The van der Waals surface area contributed by atoms with Crippen molar-refractivity contribution in [1.29, 1.82) is 0 Å². The van der Waals surface area contributed by atoms with E-state index in [1.54, 1.807) is 7.11 Å². The molecule has 0 saturated heterocycles. The summed E-state index contributed by atoms with van der Waals surface area (Å²) in [5.74, 6) is -0.361. The first-order valence-corrected chi connectivity index (χ1v) is 9.17. The number of rotatable bonds is 4. The normalized spacial score (nSPS) is 18.8. The fourth-order valence-corrected chi connectivity index (χ4v) is 3.18. The standard InChI is InChI=1S/C24H26O3.H2S/c1-23(2,3)27-22(25)24(26-4)16-14-19(15-17-24)21-13-9-8-12-20(21)18-10-6-5-7-11-18;/h5-16H,17H2,1-4H3;1H2. The van der Waals surface area contributed by atoms with Crippen molar-refractivity contribution in [3.8, 4) is 11.1 Å². The number of hydrogen-bond acceptors (Lipinski definition) is 3. The van der Waals surface area contributed by atoms with Crippen molar-refractivity contribution < 1.29 is 14.3 Å². The average Bonchev–Trinajstić information content (AvgIpc) is 2.67. The van der Waals surface area contributed by atoms with Crippen LogP contribution in [0, 0.1) is 0 Å². The highest BCUT2D eigenvalue weighted by Crippen LogP contribution is 2.35. The van der Waals surface area contributed by atoms with Crippen LogP contribution in [0.25, 0.3) is 16.7 Å². The van der Waals surface area contributed by atoms with Crippen LogP contribution in [0.4, 0.5) is 0 Å². The summed E-state index contributed by atoms with van der Waals surface area (Å²) in [5.41, 5.74) is 2.91. The molecule has 0 N–H and O–H groups in total. The Morgan fingerprint density at radius 2 is 1.57 bits per heavy atom. The van der Waals surface area contributed by atoms with Gasteiger partial charge >= 0.3 is 5.97 Å². The fourth-order valence-electron chi connectivity index (χ4n) is 3.18. The van der Waals surface area contributed by atoms with E-state index in [-0.39, 0.29) is 19.5 Å². The number of benzene rings is 2. The first-order valence-electron chi connectivity index (χ1n) is 9.17. The Labute approximate surface area is 174 Å².